The second-order valence-corrected chi connectivity index (χ2v) is 5.42. The minimum absolute atomic E-state index is 0.211. The average Bonchev–Trinajstić information content (AvgIpc) is 2.32. The van der Waals surface area contributed by atoms with Crippen molar-refractivity contribution >= 4 is 23.5 Å². The number of ether oxygens (including phenoxy) is 1. The number of aliphatic carboxylic acids is 1. The molecule has 2 N–H and O–H groups in total. The Morgan fingerprint density at radius 1 is 1.45 bits per heavy atom. The van der Waals surface area contributed by atoms with E-state index >= 15 is 0 Å². The lowest BCUT2D eigenvalue weighted by Gasteiger charge is -2.38. The van der Waals surface area contributed by atoms with Crippen LogP contribution in [0.25, 0.3) is 0 Å². The fourth-order valence-electron chi connectivity index (χ4n) is 2.14. The van der Waals surface area contributed by atoms with Crippen molar-refractivity contribution in [3.8, 4) is 5.75 Å². The summed E-state index contributed by atoms with van der Waals surface area (Å²) in [6.07, 6.45) is 1.74. The Labute approximate surface area is 121 Å². The molecular formula is C14H16ClNO4. The predicted molar refractivity (Wildman–Crippen MR) is 74.0 cm³/mol. The van der Waals surface area contributed by atoms with Crippen LogP contribution < -0.4 is 10.1 Å². The molecule has 2 rings (SSSR count). The van der Waals surface area contributed by atoms with Gasteiger partial charge in [0, 0.05) is 5.02 Å². The molecule has 0 spiro atoms. The molecule has 1 aliphatic rings. The van der Waals surface area contributed by atoms with Crippen molar-refractivity contribution in [2.45, 2.75) is 31.7 Å². The van der Waals surface area contributed by atoms with E-state index in [1.807, 2.05) is 6.92 Å². The molecule has 0 aliphatic heterocycles. The molecule has 1 amide bonds. The number of rotatable bonds is 5. The van der Waals surface area contributed by atoms with E-state index in [1.165, 1.54) is 0 Å². The predicted octanol–water partition coefficient (Wildman–Crippen LogP) is 2.15. The minimum Gasteiger partial charge on any atom is -0.484 e. The van der Waals surface area contributed by atoms with Crippen LogP contribution in [0.15, 0.2) is 18.2 Å². The molecule has 108 valence electrons. The van der Waals surface area contributed by atoms with E-state index in [1.54, 1.807) is 18.2 Å². The van der Waals surface area contributed by atoms with Gasteiger partial charge in [-0.2, -0.15) is 0 Å². The molecule has 1 saturated carbocycles. The maximum Gasteiger partial charge on any atom is 0.329 e. The molecule has 1 aromatic carbocycles. The molecule has 0 aromatic heterocycles. The van der Waals surface area contributed by atoms with Gasteiger partial charge >= 0.3 is 5.97 Å². The molecule has 1 aromatic rings. The van der Waals surface area contributed by atoms with Crippen LogP contribution in [-0.2, 0) is 9.59 Å². The van der Waals surface area contributed by atoms with E-state index in [2.05, 4.69) is 5.32 Å². The number of amides is 1. The lowest BCUT2D eigenvalue weighted by molar-refractivity contribution is -0.152. The van der Waals surface area contributed by atoms with Crippen molar-refractivity contribution in [1.82, 2.24) is 5.32 Å². The summed E-state index contributed by atoms with van der Waals surface area (Å²) >= 11 is 5.83. The first kappa shape index (κ1) is 14.7. The number of halogens is 1. The van der Waals surface area contributed by atoms with Gasteiger partial charge in [0.25, 0.3) is 5.91 Å². The molecular weight excluding hydrogens is 282 g/mol. The van der Waals surface area contributed by atoms with Gasteiger partial charge in [0.2, 0.25) is 0 Å². The minimum atomic E-state index is -1.10. The van der Waals surface area contributed by atoms with Gasteiger partial charge in [-0.1, -0.05) is 11.6 Å². The van der Waals surface area contributed by atoms with Crippen molar-refractivity contribution in [2.75, 3.05) is 6.61 Å². The summed E-state index contributed by atoms with van der Waals surface area (Å²) in [7, 11) is 0. The van der Waals surface area contributed by atoms with Crippen LogP contribution in [0.1, 0.15) is 24.8 Å². The van der Waals surface area contributed by atoms with Crippen molar-refractivity contribution in [2.24, 2.45) is 0 Å². The molecule has 0 bridgehead atoms. The molecule has 0 radical (unpaired) electrons. The quantitative estimate of drug-likeness (QED) is 0.873. The highest BCUT2D eigenvalue weighted by Crippen LogP contribution is 2.32. The molecule has 0 unspecified atom stereocenters. The van der Waals surface area contributed by atoms with Crippen LogP contribution in [0.3, 0.4) is 0 Å². The maximum atomic E-state index is 11.8. The second kappa shape index (κ2) is 5.71. The number of benzene rings is 1. The lowest BCUT2D eigenvalue weighted by atomic mass is 9.77. The summed E-state index contributed by atoms with van der Waals surface area (Å²) in [6, 6.07) is 5.09. The zero-order valence-corrected chi connectivity index (χ0v) is 11.9. The molecule has 6 heteroatoms. The summed E-state index contributed by atoms with van der Waals surface area (Å²) in [5.41, 5.74) is -0.281. The van der Waals surface area contributed by atoms with Crippen molar-refractivity contribution in [3.05, 3.63) is 28.8 Å². The molecule has 0 atom stereocenters. The zero-order chi connectivity index (χ0) is 14.8. The lowest BCUT2D eigenvalue weighted by Crippen LogP contribution is -2.59. The first-order chi connectivity index (χ1) is 9.43. The van der Waals surface area contributed by atoms with Crippen LogP contribution >= 0.6 is 11.6 Å². The summed E-state index contributed by atoms with van der Waals surface area (Å²) in [5.74, 6) is -0.858. The highest BCUT2D eigenvalue weighted by Gasteiger charge is 2.45. The Hall–Kier alpha value is -1.75. The van der Waals surface area contributed by atoms with Crippen LogP contribution in [0.2, 0.25) is 5.02 Å². The average molecular weight is 298 g/mol. The fourth-order valence-corrected chi connectivity index (χ4v) is 2.37. The van der Waals surface area contributed by atoms with E-state index in [0.717, 1.165) is 12.0 Å². The van der Waals surface area contributed by atoms with Gasteiger partial charge in [0.05, 0.1) is 0 Å². The summed E-state index contributed by atoms with van der Waals surface area (Å²) < 4.78 is 5.38. The number of aryl methyl sites for hydroxylation is 1. The molecule has 1 fully saturated rings. The Morgan fingerprint density at radius 3 is 2.65 bits per heavy atom. The number of carboxylic acids is 1. The van der Waals surface area contributed by atoms with E-state index < -0.39 is 17.4 Å². The first-order valence-corrected chi connectivity index (χ1v) is 6.74. The molecule has 20 heavy (non-hydrogen) atoms. The van der Waals surface area contributed by atoms with Crippen molar-refractivity contribution < 1.29 is 19.4 Å². The van der Waals surface area contributed by atoms with Gasteiger partial charge in [-0.25, -0.2) is 4.79 Å². The smallest absolute Gasteiger partial charge is 0.329 e. The van der Waals surface area contributed by atoms with Gasteiger partial charge in [0.15, 0.2) is 6.61 Å². The summed E-state index contributed by atoms with van der Waals surface area (Å²) in [5, 5.41) is 12.3. The van der Waals surface area contributed by atoms with Crippen LogP contribution in [0.5, 0.6) is 5.75 Å². The largest absolute Gasteiger partial charge is 0.484 e. The fraction of sp³-hybridized carbons (Fsp3) is 0.429. The van der Waals surface area contributed by atoms with E-state index in [9.17, 15) is 9.59 Å². The molecule has 0 saturated heterocycles. The number of hydrogen-bond donors (Lipinski definition) is 2. The van der Waals surface area contributed by atoms with E-state index in [0.29, 0.717) is 23.6 Å². The highest BCUT2D eigenvalue weighted by atomic mass is 35.5. The van der Waals surface area contributed by atoms with E-state index in [4.69, 9.17) is 21.4 Å². The third-order valence-electron chi connectivity index (χ3n) is 3.49. The molecule has 1 aliphatic carbocycles. The number of hydrogen-bond acceptors (Lipinski definition) is 3. The Balaban J connectivity index is 1.91. The number of carbonyl (C=O) groups is 2. The van der Waals surface area contributed by atoms with Crippen LogP contribution in [0, 0.1) is 6.92 Å². The number of nitrogens with one attached hydrogen (secondary N) is 1. The topological polar surface area (TPSA) is 75.6 Å². The monoisotopic (exact) mass is 297 g/mol. The number of carbonyl (C=O) groups excluding carboxylic acids is 1. The molecule has 5 nitrogen and oxygen atoms in total. The summed E-state index contributed by atoms with van der Waals surface area (Å²) in [4.78, 5) is 22.9. The molecule has 0 heterocycles. The van der Waals surface area contributed by atoms with Gasteiger partial charge in [-0.15, -0.1) is 0 Å². The zero-order valence-electron chi connectivity index (χ0n) is 11.1. The Bertz CT molecular complexity index is 540. The van der Waals surface area contributed by atoms with Gasteiger partial charge in [0.1, 0.15) is 11.3 Å². The SMILES string of the molecule is Cc1cc(Cl)ccc1OCC(=O)NC1(C(=O)O)CCC1. The summed E-state index contributed by atoms with van der Waals surface area (Å²) in [6.45, 7) is 1.61. The third kappa shape index (κ3) is 3.04. The first-order valence-electron chi connectivity index (χ1n) is 6.36. The number of carboxylic acid groups (broad SMARTS) is 1. The Kier molecular flexibility index (Phi) is 4.18. The van der Waals surface area contributed by atoms with Crippen molar-refractivity contribution in [3.63, 3.8) is 0 Å². The van der Waals surface area contributed by atoms with Gasteiger partial charge in [-0.05, 0) is 49.9 Å². The maximum absolute atomic E-state index is 11.8. The standard InChI is InChI=1S/C14H16ClNO4/c1-9-7-10(15)3-4-11(9)20-8-12(17)16-14(13(18)19)5-2-6-14/h3-4,7H,2,5-6,8H2,1H3,(H,16,17)(H,18,19). The second-order valence-electron chi connectivity index (χ2n) is 4.99. The van der Waals surface area contributed by atoms with Gasteiger partial charge < -0.3 is 15.2 Å². The normalized spacial score (nSPS) is 16.1. The Morgan fingerprint density at radius 2 is 2.15 bits per heavy atom. The van der Waals surface area contributed by atoms with Gasteiger partial charge in [-0.3, -0.25) is 4.79 Å². The van der Waals surface area contributed by atoms with E-state index in [-0.39, 0.29) is 6.61 Å². The van der Waals surface area contributed by atoms with Crippen LogP contribution in [0.4, 0.5) is 0 Å². The van der Waals surface area contributed by atoms with Crippen molar-refractivity contribution in [1.29, 1.82) is 0 Å². The third-order valence-corrected chi connectivity index (χ3v) is 3.73. The highest BCUT2D eigenvalue weighted by molar-refractivity contribution is 6.30. The van der Waals surface area contributed by atoms with Crippen LogP contribution in [-0.4, -0.2) is 29.1 Å².